The lowest BCUT2D eigenvalue weighted by molar-refractivity contribution is -0.122. The number of aromatic nitrogens is 3. The molecule has 7 nitrogen and oxygen atoms in total. The van der Waals surface area contributed by atoms with Gasteiger partial charge in [-0.05, 0) is 13.8 Å². The summed E-state index contributed by atoms with van der Waals surface area (Å²) in [4.78, 5) is 11.5. The zero-order chi connectivity index (χ0) is 12.9. The molecule has 92 valence electrons. The van der Waals surface area contributed by atoms with Crippen LogP contribution in [0.1, 0.15) is 19.5 Å². The van der Waals surface area contributed by atoms with Crippen molar-refractivity contribution in [2.45, 2.75) is 26.9 Å². The molecule has 0 aliphatic rings. The van der Waals surface area contributed by atoms with Crippen LogP contribution in [0.5, 0.6) is 0 Å². The minimum Gasteiger partial charge on any atom is -0.353 e. The maximum atomic E-state index is 11.5. The molecule has 3 N–H and O–H groups in total. The van der Waals surface area contributed by atoms with E-state index < -0.39 is 5.41 Å². The van der Waals surface area contributed by atoms with Crippen molar-refractivity contribution in [1.82, 2.24) is 20.3 Å². The number of nitrogens with zero attached hydrogens (tertiary/aromatic N) is 4. The van der Waals surface area contributed by atoms with Crippen LogP contribution in [-0.4, -0.2) is 27.4 Å². The predicted molar refractivity (Wildman–Crippen MR) is 60.3 cm³/mol. The molecular weight excluding hydrogens is 220 g/mol. The highest BCUT2D eigenvalue weighted by Gasteiger charge is 2.17. The summed E-state index contributed by atoms with van der Waals surface area (Å²) < 4.78 is 1.41. The summed E-state index contributed by atoms with van der Waals surface area (Å²) in [6, 6.07) is 2.11. The highest BCUT2D eigenvalue weighted by Crippen LogP contribution is 2.10. The molecule has 0 aliphatic carbocycles. The Morgan fingerprint density at radius 2 is 2.41 bits per heavy atom. The molecule has 0 saturated heterocycles. The van der Waals surface area contributed by atoms with Crippen molar-refractivity contribution in [1.29, 1.82) is 5.26 Å². The van der Waals surface area contributed by atoms with Gasteiger partial charge in [-0.15, -0.1) is 5.10 Å². The molecule has 0 spiro atoms. The molecule has 1 aromatic heterocycles. The van der Waals surface area contributed by atoms with Crippen molar-refractivity contribution >= 4 is 5.91 Å². The molecule has 0 aliphatic heterocycles. The van der Waals surface area contributed by atoms with Crippen molar-refractivity contribution < 1.29 is 4.79 Å². The molecule has 0 radical (unpaired) electrons. The van der Waals surface area contributed by atoms with E-state index in [4.69, 9.17) is 11.0 Å². The van der Waals surface area contributed by atoms with Crippen molar-refractivity contribution in [2.24, 2.45) is 11.1 Å². The molecule has 1 rings (SSSR count). The third-order valence-electron chi connectivity index (χ3n) is 2.13. The first-order valence-corrected chi connectivity index (χ1v) is 5.24. The van der Waals surface area contributed by atoms with Gasteiger partial charge in [-0.25, -0.2) is 4.68 Å². The van der Waals surface area contributed by atoms with E-state index in [0.29, 0.717) is 18.8 Å². The third kappa shape index (κ3) is 4.20. The number of hydrogen-bond donors (Lipinski definition) is 2. The second kappa shape index (κ2) is 5.41. The van der Waals surface area contributed by atoms with Crippen LogP contribution in [0, 0.1) is 16.7 Å². The fourth-order valence-electron chi connectivity index (χ4n) is 1.07. The van der Waals surface area contributed by atoms with Crippen LogP contribution in [0.4, 0.5) is 0 Å². The van der Waals surface area contributed by atoms with Gasteiger partial charge in [-0.2, -0.15) is 5.26 Å². The molecule has 0 fully saturated rings. The third-order valence-corrected chi connectivity index (χ3v) is 2.13. The van der Waals surface area contributed by atoms with Crippen LogP contribution in [0.2, 0.25) is 0 Å². The summed E-state index contributed by atoms with van der Waals surface area (Å²) in [5.74, 6) is -0.207. The molecule has 17 heavy (non-hydrogen) atoms. The Hall–Kier alpha value is -1.94. The highest BCUT2D eigenvalue weighted by molar-refractivity contribution is 5.75. The monoisotopic (exact) mass is 236 g/mol. The van der Waals surface area contributed by atoms with Gasteiger partial charge in [0, 0.05) is 13.1 Å². The SMILES string of the molecule is CC(C)(C#N)CNC(=O)Cn1cc(CN)nn1. The topological polar surface area (TPSA) is 110 Å². The van der Waals surface area contributed by atoms with Gasteiger partial charge in [0.15, 0.2) is 0 Å². The molecule has 1 heterocycles. The number of rotatable bonds is 5. The van der Waals surface area contributed by atoms with Crippen LogP contribution < -0.4 is 11.1 Å². The second-order valence-electron chi connectivity index (χ2n) is 4.38. The maximum Gasteiger partial charge on any atom is 0.241 e. The minimum atomic E-state index is -0.569. The minimum absolute atomic E-state index is 0.0779. The van der Waals surface area contributed by atoms with Crippen molar-refractivity contribution in [2.75, 3.05) is 6.54 Å². The normalized spacial score (nSPS) is 10.9. The van der Waals surface area contributed by atoms with E-state index in [1.54, 1.807) is 20.0 Å². The molecule has 0 atom stereocenters. The summed E-state index contributed by atoms with van der Waals surface area (Å²) in [5.41, 5.74) is 5.44. The van der Waals surface area contributed by atoms with Crippen LogP contribution in [-0.2, 0) is 17.9 Å². The molecule has 1 amide bonds. The number of nitriles is 1. The summed E-state index contributed by atoms with van der Waals surface area (Å²) in [6.07, 6.45) is 1.62. The summed E-state index contributed by atoms with van der Waals surface area (Å²) in [5, 5.41) is 19.0. The van der Waals surface area contributed by atoms with Crippen molar-refractivity contribution in [3.05, 3.63) is 11.9 Å². The number of hydrogen-bond acceptors (Lipinski definition) is 5. The average Bonchev–Trinajstić information content (AvgIpc) is 2.74. The van der Waals surface area contributed by atoms with Gasteiger partial charge < -0.3 is 11.1 Å². The second-order valence-corrected chi connectivity index (χ2v) is 4.38. The number of nitrogens with one attached hydrogen (secondary N) is 1. The Balaban J connectivity index is 2.43. The fourth-order valence-corrected chi connectivity index (χ4v) is 1.07. The van der Waals surface area contributed by atoms with E-state index in [9.17, 15) is 4.79 Å². The first kappa shape index (κ1) is 13.1. The van der Waals surface area contributed by atoms with Crippen molar-refractivity contribution in [3.8, 4) is 6.07 Å². The van der Waals surface area contributed by atoms with E-state index in [1.165, 1.54) is 4.68 Å². The van der Waals surface area contributed by atoms with Gasteiger partial charge in [0.2, 0.25) is 5.91 Å². The van der Waals surface area contributed by atoms with Crippen LogP contribution >= 0.6 is 0 Å². The van der Waals surface area contributed by atoms with Gasteiger partial charge >= 0.3 is 0 Å². The van der Waals surface area contributed by atoms with Crippen LogP contribution in [0.3, 0.4) is 0 Å². The largest absolute Gasteiger partial charge is 0.353 e. The predicted octanol–water partition coefficient (Wildman–Crippen LogP) is -0.597. The summed E-state index contributed by atoms with van der Waals surface area (Å²) in [6.45, 7) is 4.20. The standard InChI is InChI=1S/C10H16N6O/c1-10(2,6-12)7-13-9(17)5-16-4-8(3-11)14-15-16/h4H,3,5,7,11H2,1-2H3,(H,13,17). The van der Waals surface area contributed by atoms with Gasteiger partial charge in [-0.1, -0.05) is 5.21 Å². The van der Waals surface area contributed by atoms with Crippen LogP contribution in [0.15, 0.2) is 6.20 Å². The lowest BCUT2D eigenvalue weighted by atomic mass is 9.96. The Morgan fingerprint density at radius 1 is 1.71 bits per heavy atom. The van der Waals surface area contributed by atoms with Gasteiger partial charge in [0.1, 0.15) is 6.54 Å². The number of nitrogens with two attached hydrogens (primary N) is 1. The summed E-state index contributed by atoms with van der Waals surface area (Å²) >= 11 is 0. The zero-order valence-corrected chi connectivity index (χ0v) is 9.97. The van der Waals surface area contributed by atoms with Crippen molar-refractivity contribution in [3.63, 3.8) is 0 Å². The molecule has 0 aromatic carbocycles. The first-order valence-electron chi connectivity index (χ1n) is 5.24. The molecule has 1 aromatic rings. The number of amides is 1. The van der Waals surface area contributed by atoms with E-state index in [0.717, 1.165) is 0 Å². The number of carbonyl (C=O) groups is 1. The Labute approximate surface area is 99.6 Å². The van der Waals surface area contributed by atoms with Gasteiger partial charge in [0.05, 0.1) is 23.4 Å². The van der Waals surface area contributed by atoms with Crippen LogP contribution in [0.25, 0.3) is 0 Å². The molecule has 0 bridgehead atoms. The Morgan fingerprint density at radius 3 is 2.94 bits per heavy atom. The number of carbonyl (C=O) groups excluding carboxylic acids is 1. The zero-order valence-electron chi connectivity index (χ0n) is 9.97. The molecule has 0 saturated carbocycles. The van der Waals surface area contributed by atoms with E-state index in [2.05, 4.69) is 21.7 Å². The lowest BCUT2D eigenvalue weighted by Gasteiger charge is -2.15. The maximum absolute atomic E-state index is 11.5. The molecule has 7 heteroatoms. The van der Waals surface area contributed by atoms with E-state index in [-0.39, 0.29) is 12.5 Å². The highest BCUT2D eigenvalue weighted by atomic mass is 16.2. The Bertz CT molecular complexity index is 430. The van der Waals surface area contributed by atoms with E-state index >= 15 is 0 Å². The van der Waals surface area contributed by atoms with Gasteiger partial charge in [-0.3, -0.25) is 4.79 Å². The molecular formula is C10H16N6O. The fraction of sp³-hybridized carbons (Fsp3) is 0.600. The Kier molecular flexibility index (Phi) is 4.17. The quantitative estimate of drug-likeness (QED) is 0.709. The molecule has 0 unspecified atom stereocenters. The summed E-state index contributed by atoms with van der Waals surface area (Å²) in [7, 11) is 0. The van der Waals surface area contributed by atoms with E-state index in [1.807, 2.05) is 0 Å². The first-order chi connectivity index (χ1) is 7.96. The smallest absolute Gasteiger partial charge is 0.241 e. The lowest BCUT2D eigenvalue weighted by Crippen LogP contribution is -2.35. The average molecular weight is 236 g/mol. The van der Waals surface area contributed by atoms with Gasteiger partial charge in [0.25, 0.3) is 0 Å².